The maximum Gasteiger partial charge on any atom is 0.219 e. The molecule has 2 heterocycles. The SMILES string of the molecule is CCc1ccc(CNC(=NC)NCc2ccc(Oc3cccc(OC)c3)nc2)s1.I. The molecule has 0 aliphatic rings. The summed E-state index contributed by atoms with van der Waals surface area (Å²) in [6, 6.07) is 15.6. The molecule has 0 radical (unpaired) electrons. The molecule has 0 spiro atoms. The number of methoxy groups -OCH3 is 1. The van der Waals surface area contributed by atoms with Crippen molar-refractivity contribution >= 4 is 41.3 Å². The van der Waals surface area contributed by atoms with Crippen LogP contribution in [0.5, 0.6) is 17.4 Å². The van der Waals surface area contributed by atoms with Crippen molar-refractivity contribution in [2.45, 2.75) is 26.4 Å². The summed E-state index contributed by atoms with van der Waals surface area (Å²) in [7, 11) is 3.40. The van der Waals surface area contributed by atoms with Crippen LogP contribution in [0, 0.1) is 0 Å². The normalized spacial score (nSPS) is 10.8. The first-order valence-corrected chi connectivity index (χ1v) is 10.3. The van der Waals surface area contributed by atoms with E-state index in [9.17, 15) is 0 Å². The first kappa shape index (κ1) is 23.9. The van der Waals surface area contributed by atoms with Crippen molar-refractivity contribution in [3.8, 4) is 17.4 Å². The van der Waals surface area contributed by atoms with Crippen molar-refractivity contribution in [1.82, 2.24) is 15.6 Å². The fourth-order valence-electron chi connectivity index (χ4n) is 2.65. The lowest BCUT2D eigenvalue weighted by Gasteiger charge is -2.11. The van der Waals surface area contributed by atoms with Gasteiger partial charge in [-0.3, -0.25) is 4.99 Å². The van der Waals surface area contributed by atoms with E-state index in [1.165, 1.54) is 9.75 Å². The van der Waals surface area contributed by atoms with E-state index in [-0.39, 0.29) is 24.0 Å². The van der Waals surface area contributed by atoms with Gasteiger partial charge in [-0.25, -0.2) is 4.98 Å². The van der Waals surface area contributed by atoms with Crippen LogP contribution < -0.4 is 20.1 Å². The number of thiophene rings is 1. The number of aliphatic imine (C=N–C) groups is 1. The number of nitrogens with zero attached hydrogens (tertiary/aromatic N) is 2. The van der Waals surface area contributed by atoms with Crippen molar-refractivity contribution in [1.29, 1.82) is 0 Å². The molecule has 8 heteroatoms. The van der Waals surface area contributed by atoms with Crippen molar-refractivity contribution in [2.75, 3.05) is 14.2 Å². The Morgan fingerprint density at radius 3 is 2.47 bits per heavy atom. The van der Waals surface area contributed by atoms with Crippen LogP contribution in [0.3, 0.4) is 0 Å². The molecule has 0 fully saturated rings. The van der Waals surface area contributed by atoms with Gasteiger partial charge in [-0.15, -0.1) is 35.3 Å². The Balaban J connectivity index is 0.00000320. The van der Waals surface area contributed by atoms with Crippen LogP contribution in [0.4, 0.5) is 0 Å². The average molecular weight is 538 g/mol. The van der Waals surface area contributed by atoms with Crippen LogP contribution in [0.2, 0.25) is 0 Å². The molecule has 0 aliphatic carbocycles. The number of ether oxygens (including phenoxy) is 2. The maximum absolute atomic E-state index is 5.77. The van der Waals surface area contributed by atoms with Gasteiger partial charge in [-0.1, -0.05) is 19.1 Å². The zero-order valence-electron chi connectivity index (χ0n) is 17.3. The molecule has 3 aromatic rings. The molecule has 160 valence electrons. The molecule has 0 saturated carbocycles. The van der Waals surface area contributed by atoms with Crippen LogP contribution in [-0.2, 0) is 19.5 Å². The molecule has 2 N–H and O–H groups in total. The average Bonchev–Trinajstić information content (AvgIpc) is 3.23. The highest BCUT2D eigenvalue weighted by molar-refractivity contribution is 14.0. The Hall–Kier alpha value is -2.33. The summed E-state index contributed by atoms with van der Waals surface area (Å²) in [6.07, 6.45) is 2.87. The zero-order valence-corrected chi connectivity index (χ0v) is 20.5. The molecule has 1 aromatic carbocycles. The predicted molar refractivity (Wildman–Crippen MR) is 133 cm³/mol. The third kappa shape index (κ3) is 7.17. The van der Waals surface area contributed by atoms with Gasteiger partial charge in [0.2, 0.25) is 5.88 Å². The summed E-state index contributed by atoms with van der Waals surface area (Å²) in [5.74, 6) is 2.73. The van der Waals surface area contributed by atoms with Crippen molar-refractivity contribution < 1.29 is 9.47 Å². The molecule has 0 unspecified atom stereocenters. The Morgan fingerprint density at radius 1 is 1.03 bits per heavy atom. The molecule has 30 heavy (non-hydrogen) atoms. The van der Waals surface area contributed by atoms with Crippen LogP contribution in [-0.4, -0.2) is 25.1 Å². The number of pyridine rings is 1. The molecule has 6 nitrogen and oxygen atoms in total. The Bertz CT molecular complexity index is 944. The van der Waals surface area contributed by atoms with Crippen LogP contribution in [0.25, 0.3) is 0 Å². The van der Waals surface area contributed by atoms with Gasteiger partial charge in [0.25, 0.3) is 0 Å². The number of aromatic nitrogens is 1. The van der Waals surface area contributed by atoms with Crippen molar-refractivity contribution in [3.63, 3.8) is 0 Å². The van der Waals surface area contributed by atoms with Gasteiger partial charge in [-0.05, 0) is 36.2 Å². The number of hydrogen-bond acceptors (Lipinski definition) is 5. The largest absolute Gasteiger partial charge is 0.497 e. The summed E-state index contributed by atoms with van der Waals surface area (Å²) in [4.78, 5) is 11.3. The van der Waals surface area contributed by atoms with Gasteiger partial charge in [0, 0.05) is 41.7 Å². The van der Waals surface area contributed by atoms with E-state index >= 15 is 0 Å². The van der Waals surface area contributed by atoms with E-state index in [2.05, 4.69) is 39.7 Å². The summed E-state index contributed by atoms with van der Waals surface area (Å²) in [5.41, 5.74) is 1.04. The molecule has 3 rings (SSSR count). The summed E-state index contributed by atoms with van der Waals surface area (Å²) in [5, 5.41) is 6.65. The van der Waals surface area contributed by atoms with Crippen LogP contribution >= 0.6 is 35.3 Å². The van der Waals surface area contributed by atoms with Gasteiger partial charge in [0.1, 0.15) is 11.5 Å². The fraction of sp³-hybridized carbons (Fsp3) is 0.273. The highest BCUT2D eigenvalue weighted by atomic mass is 127. The Kier molecular flexibility index (Phi) is 9.88. The van der Waals surface area contributed by atoms with Gasteiger partial charge in [-0.2, -0.15) is 0 Å². The Labute approximate surface area is 198 Å². The van der Waals surface area contributed by atoms with Gasteiger partial charge >= 0.3 is 0 Å². The number of guanidine groups is 1. The number of rotatable bonds is 8. The highest BCUT2D eigenvalue weighted by Gasteiger charge is 2.04. The smallest absolute Gasteiger partial charge is 0.219 e. The summed E-state index contributed by atoms with van der Waals surface area (Å²) in [6.45, 7) is 3.55. The van der Waals surface area contributed by atoms with E-state index in [0.717, 1.165) is 30.2 Å². The number of benzene rings is 1. The van der Waals surface area contributed by atoms with Crippen molar-refractivity contribution in [2.24, 2.45) is 4.99 Å². The quantitative estimate of drug-likeness (QED) is 0.240. The number of halogens is 1. The predicted octanol–water partition coefficient (Wildman–Crippen LogP) is 4.99. The lowest BCUT2D eigenvalue weighted by atomic mass is 10.3. The fourth-order valence-corrected chi connectivity index (χ4v) is 3.54. The van der Waals surface area contributed by atoms with Gasteiger partial charge in [0.05, 0.1) is 13.7 Å². The molecule has 0 amide bonds. The minimum absolute atomic E-state index is 0. The van der Waals surface area contributed by atoms with Crippen LogP contribution in [0.1, 0.15) is 22.2 Å². The third-order valence-electron chi connectivity index (χ3n) is 4.24. The van der Waals surface area contributed by atoms with E-state index < -0.39 is 0 Å². The molecule has 2 aromatic heterocycles. The Morgan fingerprint density at radius 2 is 1.80 bits per heavy atom. The molecule has 0 aliphatic heterocycles. The number of nitrogens with one attached hydrogen (secondary N) is 2. The zero-order chi connectivity index (χ0) is 20.5. The van der Waals surface area contributed by atoms with Gasteiger partial charge in [0.15, 0.2) is 5.96 Å². The van der Waals surface area contributed by atoms with E-state index in [1.807, 2.05) is 47.7 Å². The van der Waals surface area contributed by atoms with Crippen molar-refractivity contribution in [3.05, 3.63) is 70.0 Å². The number of aryl methyl sites for hydroxylation is 1. The standard InChI is InChI=1S/C22H26N4O2S.HI/c1-4-19-9-10-20(29-19)15-26-22(23-2)25-14-16-8-11-21(24-13-16)28-18-7-5-6-17(12-18)27-3;/h5-13H,4,14-15H2,1-3H3,(H2,23,25,26);1H. The second-order valence-electron chi connectivity index (χ2n) is 6.29. The lowest BCUT2D eigenvalue weighted by Crippen LogP contribution is -2.36. The minimum atomic E-state index is 0. The minimum Gasteiger partial charge on any atom is -0.497 e. The maximum atomic E-state index is 5.77. The lowest BCUT2D eigenvalue weighted by molar-refractivity contribution is 0.407. The summed E-state index contributed by atoms with van der Waals surface area (Å²) >= 11 is 1.83. The summed E-state index contributed by atoms with van der Waals surface area (Å²) < 4.78 is 11.0. The van der Waals surface area contributed by atoms with E-state index in [1.54, 1.807) is 20.4 Å². The molecule has 0 bridgehead atoms. The third-order valence-corrected chi connectivity index (χ3v) is 5.47. The first-order valence-electron chi connectivity index (χ1n) is 9.49. The van der Waals surface area contributed by atoms with Crippen LogP contribution in [0.15, 0.2) is 59.7 Å². The monoisotopic (exact) mass is 538 g/mol. The number of hydrogen-bond donors (Lipinski definition) is 2. The highest BCUT2D eigenvalue weighted by Crippen LogP contribution is 2.23. The van der Waals surface area contributed by atoms with E-state index in [4.69, 9.17) is 9.47 Å². The first-order chi connectivity index (χ1) is 14.2. The van der Waals surface area contributed by atoms with Gasteiger partial charge < -0.3 is 20.1 Å². The van der Waals surface area contributed by atoms with E-state index in [0.29, 0.717) is 18.2 Å². The molecular formula is C22H27IN4O2S. The second-order valence-corrected chi connectivity index (χ2v) is 7.54. The topological polar surface area (TPSA) is 67.8 Å². The second kappa shape index (κ2) is 12.4. The molecule has 0 atom stereocenters. The molecule has 0 saturated heterocycles. The molecular weight excluding hydrogens is 511 g/mol.